The van der Waals surface area contributed by atoms with Gasteiger partial charge in [-0.2, -0.15) is 0 Å². The van der Waals surface area contributed by atoms with Crippen LogP contribution in [-0.4, -0.2) is 41.6 Å². The first-order chi connectivity index (χ1) is 15.0. The van der Waals surface area contributed by atoms with Gasteiger partial charge >= 0.3 is 0 Å². The van der Waals surface area contributed by atoms with Gasteiger partial charge in [0.1, 0.15) is 18.1 Å². The van der Waals surface area contributed by atoms with Crippen LogP contribution < -0.4 is 15.1 Å². The van der Waals surface area contributed by atoms with Crippen molar-refractivity contribution in [1.29, 1.82) is 0 Å². The van der Waals surface area contributed by atoms with E-state index < -0.39 is 0 Å². The number of para-hydroxylation sites is 1. The Hall–Kier alpha value is -3.61. The van der Waals surface area contributed by atoms with Crippen LogP contribution in [0.4, 0.5) is 10.1 Å². The predicted molar refractivity (Wildman–Crippen MR) is 117 cm³/mol. The summed E-state index contributed by atoms with van der Waals surface area (Å²) >= 11 is 0. The zero-order chi connectivity index (χ0) is 21.8. The summed E-state index contributed by atoms with van der Waals surface area (Å²) in [6.07, 6.45) is 1.55. The highest BCUT2D eigenvalue weighted by molar-refractivity contribution is 5.92. The molecule has 0 atom stereocenters. The minimum atomic E-state index is -0.331. The number of rotatable bonds is 5. The summed E-state index contributed by atoms with van der Waals surface area (Å²) in [7, 11) is 1.72. The van der Waals surface area contributed by atoms with E-state index in [2.05, 4.69) is 0 Å². The number of aromatic nitrogens is 1. The van der Waals surface area contributed by atoms with Crippen LogP contribution in [-0.2, 0) is 13.7 Å². The van der Waals surface area contributed by atoms with Gasteiger partial charge in [-0.15, -0.1) is 0 Å². The molecule has 2 aromatic carbocycles. The van der Waals surface area contributed by atoms with E-state index in [1.54, 1.807) is 40.9 Å². The second-order valence-electron chi connectivity index (χ2n) is 7.50. The van der Waals surface area contributed by atoms with Crippen molar-refractivity contribution in [3.8, 4) is 5.75 Å². The lowest BCUT2D eigenvalue weighted by molar-refractivity contribution is 0.0735. The van der Waals surface area contributed by atoms with E-state index >= 15 is 0 Å². The molecular formula is C24H24FN3O3. The van der Waals surface area contributed by atoms with Gasteiger partial charge in [0.05, 0.1) is 11.9 Å². The molecule has 1 amide bonds. The van der Waals surface area contributed by atoms with E-state index in [4.69, 9.17) is 4.74 Å². The smallest absolute Gasteiger partial charge is 0.270 e. The fourth-order valence-electron chi connectivity index (χ4n) is 3.68. The fourth-order valence-corrected chi connectivity index (χ4v) is 3.68. The molecule has 0 unspecified atom stereocenters. The summed E-state index contributed by atoms with van der Waals surface area (Å²) in [6.45, 7) is 2.24. The Bertz CT molecular complexity index is 1120. The van der Waals surface area contributed by atoms with Crippen LogP contribution >= 0.6 is 0 Å². The van der Waals surface area contributed by atoms with Gasteiger partial charge in [0.25, 0.3) is 5.91 Å². The van der Waals surface area contributed by atoms with Crippen molar-refractivity contribution < 1.29 is 13.9 Å². The number of carbonyl (C=O) groups is 1. The van der Waals surface area contributed by atoms with Gasteiger partial charge in [0.15, 0.2) is 5.75 Å². The molecule has 0 saturated carbocycles. The number of piperazine rings is 1. The third kappa shape index (κ3) is 4.60. The lowest BCUT2D eigenvalue weighted by Gasteiger charge is -2.36. The molecule has 1 aliphatic rings. The summed E-state index contributed by atoms with van der Waals surface area (Å²) in [5.74, 6) is -0.287. The van der Waals surface area contributed by atoms with E-state index in [1.165, 1.54) is 12.1 Å². The molecule has 0 aliphatic carbocycles. The number of nitrogens with zero attached hydrogens (tertiary/aromatic N) is 3. The Kier molecular flexibility index (Phi) is 6.02. The summed E-state index contributed by atoms with van der Waals surface area (Å²) in [5, 5.41) is 0. The summed E-state index contributed by atoms with van der Waals surface area (Å²) in [5.41, 5.74) is 1.47. The lowest BCUT2D eigenvalue weighted by Crippen LogP contribution is -2.49. The van der Waals surface area contributed by atoms with Gasteiger partial charge in [-0.3, -0.25) is 9.59 Å². The molecule has 1 saturated heterocycles. The van der Waals surface area contributed by atoms with Gasteiger partial charge in [0, 0.05) is 39.3 Å². The normalized spacial score (nSPS) is 13.9. The van der Waals surface area contributed by atoms with Crippen LogP contribution in [0.5, 0.6) is 5.75 Å². The van der Waals surface area contributed by atoms with Crippen LogP contribution in [0.2, 0.25) is 0 Å². The second-order valence-corrected chi connectivity index (χ2v) is 7.50. The van der Waals surface area contributed by atoms with Gasteiger partial charge in [-0.05, 0) is 17.7 Å². The molecule has 4 rings (SSSR count). The molecule has 1 aliphatic heterocycles. The number of anilines is 1. The van der Waals surface area contributed by atoms with Gasteiger partial charge in [0.2, 0.25) is 5.43 Å². The summed E-state index contributed by atoms with van der Waals surface area (Å²) < 4.78 is 21.3. The predicted octanol–water partition coefficient (Wildman–Crippen LogP) is 3.07. The first-order valence-electron chi connectivity index (χ1n) is 10.2. The highest BCUT2D eigenvalue weighted by Crippen LogP contribution is 2.21. The standard InChI is InChI=1S/C24H24FN3O3/c1-26-16-23(31-17-18-7-3-2-4-8-18)22(29)15-21(26)24(30)28-13-11-27(12-14-28)20-10-6-5-9-19(20)25/h2-10,15-16H,11-14,17H2,1H3. The third-order valence-corrected chi connectivity index (χ3v) is 5.42. The topological polar surface area (TPSA) is 54.8 Å². The molecule has 1 aromatic heterocycles. The molecule has 0 radical (unpaired) electrons. The number of halogens is 1. The molecule has 0 spiro atoms. The van der Waals surface area contributed by atoms with Crippen LogP contribution in [0.1, 0.15) is 16.1 Å². The molecule has 3 aromatic rings. The Morgan fingerprint density at radius 2 is 1.68 bits per heavy atom. The minimum Gasteiger partial charge on any atom is -0.483 e. The number of carbonyl (C=O) groups excluding carboxylic acids is 1. The Labute approximate surface area is 180 Å². The number of pyridine rings is 1. The molecule has 160 valence electrons. The quantitative estimate of drug-likeness (QED) is 0.636. The van der Waals surface area contributed by atoms with Crippen LogP contribution in [0, 0.1) is 5.82 Å². The van der Waals surface area contributed by atoms with E-state index in [9.17, 15) is 14.0 Å². The molecule has 31 heavy (non-hydrogen) atoms. The Balaban J connectivity index is 1.42. The van der Waals surface area contributed by atoms with E-state index in [-0.39, 0.29) is 29.5 Å². The first kappa shape index (κ1) is 20.7. The monoisotopic (exact) mass is 421 g/mol. The molecule has 7 heteroatoms. The molecule has 0 N–H and O–H groups in total. The molecule has 6 nitrogen and oxygen atoms in total. The van der Waals surface area contributed by atoms with E-state index in [0.29, 0.717) is 37.6 Å². The largest absolute Gasteiger partial charge is 0.483 e. The van der Waals surface area contributed by atoms with Crippen molar-refractivity contribution in [2.45, 2.75) is 6.61 Å². The maximum Gasteiger partial charge on any atom is 0.270 e. The van der Waals surface area contributed by atoms with E-state index in [1.807, 2.05) is 35.2 Å². The summed E-state index contributed by atoms with van der Waals surface area (Å²) in [4.78, 5) is 29.1. The maximum absolute atomic E-state index is 14.0. The Morgan fingerprint density at radius 3 is 2.39 bits per heavy atom. The van der Waals surface area contributed by atoms with Crippen molar-refractivity contribution in [3.63, 3.8) is 0 Å². The molecule has 0 bridgehead atoms. The van der Waals surface area contributed by atoms with Gasteiger partial charge < -0.3 is 19.1 Å². The highest BCUT2D eigenvalue weighted by Gasteiger charge is 2.25. The van der Waals surface area contributed by atoms with Crippen LogP contribution in [0.15, 0.2) is 71.7 Å². The molecular weight excluding hydrogens is 397 g/mol. The zero-order valence-electron chi connectivity index (χ0n) is 17.3. The maximum atomic E-state index is 14.0. The highest BCUT2D eigenvalue weighted by atomic mass is 19.1. The van der Waals surface area contributed by atoms with Crippen LogP contribution in [0.3, 0.4) is 0 Å². The second kappa shape index (κ2) is 9.04. The zero-order valence-corrected chi connectivity index (χ0v) is 17.3. The van der Waals surface area contributed by atoms with E-state index in [0.717, 1.165) is 5.56 Å². The number of benzene rings is 2. The van der Waals surface area contributed by atoms with Crippen molar-refractivity contribution in [2.24, 2.45) is 7.05 Å². The molecule has 2 heterocycles. The van der Waals surface area contributed by atoms with Gasteiger partial charge in [-0.25, -0.2) is 4.39 Å². The van der Waals surface area contributed by atoms with Crippen LogP contribution in [0.25, 0.3) is 0 Å². The Morgan fingerprint density at radius 1 is 1.00 bits per heavy atom. The lowest BCUT2D eigenvalue weighted by atomic mass is 10.2. The summed E-state index contributed by atoms with van der Waals surface area (Å²) in [6, 6.07) is 17.5. The SMILES string of the molecule is Cn1cc(OCc2ccccc2)c(=O)cc1C(=O)N1CCN(c2ccccc2F)CC1. The van der Waals surface area contributed by atoms with Gasteiger partial charge in [-0.1, -0.05) is 42.5 Å². The molecule has 1 fully saturated rings. The minimum absolute atomic E-state index is 0.201. The van der Waals surface area contributed by atoms with Crippen molar-refractivity contribution >= 4 is 11.6 Å². The van der Waals surface area contributed by atoms with Crippen molar-refractivity contribution in [3.05, 3.63) is 94.2 Å². The average Bonchev–Trinajstić information content (AvgIpc) is 2.80. The van der Waals surface area contributed by atoms with Crippen molar-refractivity contribution in [1.82, 2.24) is 9.47 Å². The number of amides is 1. The number of hydrogen-bond acceptors (Lipinski definition) is 4. The fraction of sp³-hybridized carbons (Fsp3) is 0.250. The number of hydrogen-bond donors (Lipinski definition) is 0. The first-order valence-corrected chi connectivity index (χ1v) is 10.2. The number of aryl methyl sites for hydroxylation is 1. The number of ether oxygens (including phenoxy) is 1. The third-order valence-electron chi connectivity index (χ3n) is 5.42. The average molecular weight is 421 g/mol. The van der Waals surface area contributed by atoms with Crippen molar-refractivity contribution in [2.75, 3.05) is 31.1 Å².